The lowest BCUT2D eigenvalue weighted by molar-refractivity contribution is -0.142. The normalized spacial score (nSPS) is 17.4. The second-order valence-electron chi connectivity index (χ2n) is 6.72. The number of amides is 1. The van der Waals surface area contributed by atoms with Gasteiger partial charge in [0.05, 0.1) is 32.3 Å². The summed E-state index contributed by atoms with van der Waals surface area (Å²) in [5.41, 5.74) is 2.25. The molecule has 0 aromatic heterocycles. The molecule has 26 heavy (non-hydrogen) atoms. The minimum atomic E-state index is -0.875. The molecule has 1 fully saturated rings. The molecule has 0 aliphatic carbocycles. The van der Waals surface area contributed by atoms with Crippen LogP contribution in [0.1, 0.15) is 17.5 Å². The summed E-state index contributed by atoms with van der Waals surface area (Å²) in [6.45, 7) is 6.31. The van der Waals surface area contributed by atoms with Gasteiger partial charge in [0.1, 0.15) is 5.75 Å². The quantitative estimate of drug-likeness (QED) is 0.749. The van der Waals surface area contributed by atoms with Crippen molar-refractivity contribution >= 4 is 11.9 Å². The molecule has 1 N–H and O–H groups in total. The first-order valence-electron chi connectivity index (χ1n) is 8.85. The van der Waals surface area contributed by atoms with E-state index < -0.39 is 5.97 Å². The van der Waals surface area contributed by atoms with E-state index in [2.05, 4.69) is 0 Å². The molecule has 1 aliphatic heterocycles. The van der Waals surface area contributed by atoms with Crippen molar-refractivity contribution in [2.24, 2.45) is 0 Å². The number of carbonyl (C=O) groups is 2. The first-order valence-corrected chi connectivity index (χ1v) is 8.85. The van der Waals surface area contributed by atoms with Crippen molar-refractivity contribution in [3.8, 4) is 5.75 Å². The molecule has 144 valence electrons. The van der Waals surface area contributed by atoms with Gasteiger partial charge in [0.15, 0.2) is 0 Å². The monoisotopic (exact) mass is 364 g/mol. The van der Waals surface area contributed by atoms with E-state index in [1.807, 2.05) is 32.0 Å². The van der Waals surface area contributed by atoms with Crippen LogP contribution >= 0.6 is 0 Å². The molecule has 1 heterocycles. The number of morpholine rings is 1. The number of nitrogens with zero attached hydrogens (tertiary/aromatic N) is 2. The number of carboxylic acids is 1. The number of likely N-dealkylation sites (N-methyl/N-ethyl adjacent to an activating group) is 1. The van der Waals surface area contributed by atoms with Gasteiger partial charge in [-0.25, -0.2) is 0 Å². The number of benzene rings is 1. The Bertz CT molecular complexity index is 634. The van der Waals surface area contributed by atoms with Crippen LogP contribution in [0.2, 0.25) is 0 Å². The Morgan fingerprint density at radius 3 is 2.88 bits per heavy atom. The third-order valence-electron chi connectivity index (χ3n) is 4.54. The summed E-state index contributed by atoms with van der Waals surface area (Å²) in [6, 6.07) is 5.89. The Morgan fingerprint density at radius 1 is 1.38 bits per heavy atom. The maximum absolute atomic E-state index is 12.4. The molecule has 1 saturated heterocycles. The third-order valence-corrected chi connectivity index (χ3v) is 4.54. The largest absolute Gasteiger partial charge is 0.493 e. The molecule has 2 rings (SSSR count). The van der Waals surface area contributed by atoms with Crippen LogP contribution in [-0.2, 0) is 14.3 Å². The van der Waals surface area contributed by atoms with Crippen molar-refractivity contribution < 1.29 is 24.2 Å². The molecule has 1 aromatic rings. The topological polar surface area (TPSA) is 79.3 Å². The van der Waals surface area contributed by atoms with Gasteiger partial charge in [-0.05, 0) is 38.1 Å². The van der Waals surface area contributed by atoms with E-state index in [0.717, 1.165) is 16.9 Å². The fourth-order valence-corrected chi connectivity index (χ4v) is 2.99. The minimum absolute atomic E-state index is 0.0319. The van der Waals surface area contributed by atoms with Crippen molar-refractivity contribution in [2.75, 3.05) is 46.4 Å². The van der Waals surface area contributed by atoms with Crippen LogP contribution in [0.25, 0.3) is 0 Å². The van der Waals surface area contributed by atoms with Crippen LogP contribution in [-0.4, -0.2) is 79.3 Å². The highest BCUT2D eigenvalue weighted by molar-refractivity contribution is 5.76. The average molecular weight is 364 g/mol. The zero-order chi connectivity index (χ0) is 19.1. The minimum Gasteiger partial charge on any atom is -0.493 e. The summed E-state index contributed by atoms with van der Waals surface area (Å²) in [4.78, 5) is 26.6. The number of aryl methyl sites for hydroxylation is 1. The summed E-state index contributed by atoms with van der Waals surface area (Å²) in [5, 5.41) is 8.82. The van der Waals surface area contributed by atoms with Gasteiger partial charge < -0.3 is 19.5 Å². The summed E-state index contributed by atoms with van der Waals surface area (Å²) in [7, 11) is 1.73. The number of rotatable bonds is 8. The highest BCUT2D eigenvalue weighted by Gasteiger charge is 2.25. The van der Waals surface area contributed by atoms with Crippen LogP contribution in [0, 0.1) is 13.8 Å². The van der Waals surface area contributed by atoms with Gasteiger partial charge in [-0.15, -0.1) is 0 Å². The summed E-state index contributed by atoms with van der Waals surface area (Å²) < 4.78 is 11.4. The van der Waals surface area contributed by atoms with Crippen LogP contribution < -0.4 is 4.74 Å². The first kappa shape index (κ1) is 20.2. The molecular formula is C19H28N2O5. The Morgan fingerprint density at radius 2 is 2.15 bits per heavy atom. The van der Waals surface area contributed by atoms with Crippen molar-refractivity contribution in [3.05, 3.63) is 29.3 Å². The predicted octanol–water partition coefficient (Wildman–Crippen LogP) is 1.32. The highest BCUT2D eigenvalue weighted by Crippen LogP contribution is 2.20. The molecular weight excluding hydrogens is 336 g/mol. The lowest BCUT2D eigenvalue weighted by Gasteiger charge is -2.34. The maximum atomic E-state index is 12.4. The fourth-order valence-electron chi connectivity index (χ4n) is 2.99. The zero-order valence-corrected chi connectivity index (χ0v) is 15.7. The van der Waals surface area contributed by atoms with E-state index in [9.17, 15) is 9.59 Å². The molecule has 0 radical (unpaired) electrons. The Balaban J connectivity index is 1.78. The van der Waals surface area contributed by atoms with Gasteiger partial charge >= 0.3 is 5.97 Å². The number of ether oxygens (including phenoxy) is 2. The van der Waals surface area contributed by atoms with Crippen molar-refractivity contribution in [3.63, 3.8) is 0 Å². The van der Waals surface area contributed by atoms with Gasteiger partial charge in [0.25, 0.3) is 0 Å². The van der Waals surface area contributed by atoms with Crippen molar-refractivity contribution in [1.82, 2.24) is 9.80 Å². The summed E-state index contributed by atoms with van der Waals surface area (Å²) in [6.07, 6.45) is 0.141. The van der Waals surface area contributed by atoms with Crippen LogP contribution in [0.4, 0.5) is 0 Å². The Labute approximate surface area is 154 Å². The van der Waals surface area contributed by atoms with E-state index in [0.29, 0.717) is 39.3 Å². The molecule has 1 amide bonds. The molecule has 1 atom stereocenters. The number of carboxylic acid groups (broad SMARTS) is 1. The van der Waals surface area contributed by atoms with E-state index in [-0.39, 0.29) is 18.6 Å². The number of aliphatic carboxylic acids is 1. The van der Waals surface area contributed by atoms with E-state index in [1.165, 1.54) is 0 Å². The van der Waals surface area contributed by atoms with Crippen LogP contribution in [0.15, 0.2) is 18.2 Å². The van der Waals surface area contributed by atoms with E-state index in [4.69, 9.17) is 14.6 Å². The van der Waals surface area contributed by atoms with Crippen LogP contribution in [0.3, 0.4) is 0 Å². The number of hydrogen-bond donors (Lipinski definition) is 1. The van der Waals surface area contributed by atoms with E-state index in [1.54, 1.807) is 16.8 Å². The molecule has 7 nitrogen and oxygen atoms in total. The molecule has 0 unspecified atom stereocenters. The predicted molar refractivity (Wildman–Crippen MR) is 97.5 cm³/mol. The van der Waals surface area contributed by atoms with Gasteiger partial charge in [-0.1, -0.05) is 12.1 Å². The van der Waals surface area contributed by atoms with Gasteiger partial charge in [-0.2, -0.15) is 0 Å². The lowest BCUT2D eigenvalue weighted by Crippen LogP contribution is -2.49. The lowest BCUT2D eigenvalue weighted by atomic mass is 10.1. The SMILES string of the molecule is Cc1cccc(OCCC(=O)N2CCO[C@@H](CN(C)CC(=O)O)C2)c1C. The average Bonchev–Trinajstić information content (AvgIpc) is 2.58. The van der Waals surface area contributed by atoms with Crippen molar-refractivity contribution in [2.45, 2.75) is 26.4 Å². The first-order chi connectivity index (χ1) is 12.4. The zero-order valence-electron chi connectivity index (χ0n) is 15.7. The molecule has 1 aliphatic rings. The molecule has 0 bridgehead atoms. The summed E-state index contributed by atoms with van der Waals surface area (Å²) >= 11 is 0. The van der Waals surface area contributed by atoms with Crippen LogP contribution in [0.5, 0.6) is 5.75 Å². The van der Waals surface area contributed by atoms with Gasteiger partial charge in [-0.3, -0.25) is 14.5 Å². The highest BCUT2D eigenvalue weighted by atomic mass is 16.5. The molecule has 0 saturated carbocycles. The fraction of sp³-hybridized carbons (Fsp3) is 0.579. The molecule has 7 heteroatoms. The van der Waals surface area contributed by atoms with Gasteiger partial charge in [0, 0.05) is 19.6 Å². The van der Waals surface area contributed by atoms with E-state index >= 15 is 0 Å². The second-order valence-corrected chi connectivity index (χ2v) is 6.72. The smallest absolute Gasteiger partial charge is 0.317 e. The molecule has 0 spiro atoms. The Kier molecular flexibility index (Phi) is 7.41. The maximum Gasteiger partial charge on any atom is 0.317 e. The third kappa shape index (κ3) is 6.00. The number of carbonyl (C=O) groups excluding carboxylic acids is 1. The molecule has 1 aromatic carbocycles. The Hall–Kier alpha value is -2.12. The summed E-state index contributed by atoms with van der Waals surface area (Å²) in [5.74, 6) is -0.0303. The van der Waals surface area contributed by atoms with Gasteiger partial charge in [0.2, 0.25) is 5.91 Å². The second kappa shape index (κ2) is 9.54. The standard InChI is InChI=1S/C19H28N2O5/c1-14-5-4-6-17(15(14)2)26-9-7-18(22)21-8-10-25-16(12-21)11-20(3)13-19(23)24/h4-6,16H,7-13H2,1-3H3,(H,23,24)/t16-/m0/s1. The van der Waals surface area contributed by atoms with Crippen molar-refractivity contribution in [1.29, 1.82) is 0 Å². The number of hydrogen-bond acceptors (Lipinski definition) is 5.